The van der Waals surface area contributed by atoms with Gasteiger partial charge in [-0.3, -0.25) is 9.10 Å². The quantitative estimate of drug-likeness (QED) is 0.691. The summed E-state index contributed by atoms with van der Waals surface area (Å²) in [6.45, 7) is 1.49. The minimum atomic E-state index is -3.75. The van der Waals surface area contributed by atoms with E-state index in [1.807, 2.05) is 13.0 Å². The van der Waals surface area contributed by atoms with Gasteiger partial charge in [-0.25, -0.2) is 8.42 Å². The van der Waals surface area contributed by atoms with Gasteiger partial charge in [0.15, 0.2) is 0 Å². The van der Waals surface area contributed by atoms with Gasteiger partial charge < -0.3 is 14.8 Å². The molecule has 0 spiro atoms. The van der Waals surface area contributed by atoms with Crippen molar-refractivity contribution in [1.82, 2.24) is 0 Å². The Bertz CT molecular complexity index is 947. The highest BCUT2D eigenvalue weighted by Crippen LogP contribution is 2.33. The van der Waals surface area contributed by atoms with Crippen molar-refractivity contribution in [2.24, 2.45) is 0 Å². The number of ether oxygens (including phenoxy) is 2. The Morgan fingerprint density at radius 1 is 1.15 bits per heavy atom. The van der Waals surface area contributed by atoms with Crippen molar-refractivity contribution < 1.29 is 22.7 Å². The van der Waals surface area contributed by atoms with E-state index >= 15 is 0 Å². The van der Waals surface area contributed by atoms with Crippen molar-refractivity contribution >= 4 is 43.2 Å². The van der Waals surface area contributed by atoms with E-state index < -0.39 is 22.5 Å². The lowest BCUT2D eigenvalue weighted by molar-refractivity contribution is -0.114. The average Bonchev–Trinajstić information content (AvgIpc) is 2.61. The summed E-state index contributed by atoms with van der Waals surface area (Å²) >= 11 is 3.40. The van der Waals surface area contributed by atoms with Gasteiger partial charge in [-0.1, -0.05) is 15.9 Å². The minimum absolute atomic E-state index is 0.224. The Morgan fingerprint density at radius 2 is 1.85 bits per heavy atom. The molecule has 0 heterocycles. The molecule has 0 aliphatic carbocycles. The molecule has 2 rings (SSSR count). The standard InChI is InChI=1S/C18H21BrN2O5S/c1-12-9-13(5-7-15(12)19)20-18(22)11-21(27(4,23)24)16-10-14(25-2)6-8-17(16)26-3/h5-10H,11H2,1-4H3,(H,20,22). The summed E-state index contributed by atoms with van der Waals surface area (Å²) in [6, 6.07) is 10.1. The zero-order valence-corrected chi connectivity index (χ0v) is 17.8. The van der Waals surface area contributed by atoms with Crippen LogP contribution in [0.5, 0.6) is 11.5 Å². The summed E-state index contributed by atoms with van der Waals surface area (Å²) < 4.78 is 37.0. The number of methoxy groups -OCH3 is 2. The van der Waals surface area contributed by atoms with E-state index in [4.69, 9.17) is 9.47 Å². The summed E-state index contributed by atoms with van der Waals surface area (Å²) in [5, 5.41) is 2.71. The lowest BCUT2D eigenvalue weighted by atomic mass is 10.2. The number of amides is 1. The maximum absolute atomic E-state index is 12.5. The van der Waals surface area contributed by atoms with Crippen LogP contribution in [0, 0.1) is 6.92 Å². The summed E-state index contributed by atoms with van der Waals surface area (Å²) in [5.74, 6) is 0.281. The molecule has 27 heavy (non-hydrogen) atoms. The molecule has 146 valence electrons. The second-order valence-corrected chi connectivity index (χ2v) is 8.58. The summed E-state index contributed by atoms with van der Waals surface area (Å²) in [5.41, 5.74) is 1.75. The topological polar surface area (TPSA) is 84.9 Å². The fourth-order valence-corrected chi connectivity index (χ4v) is 3.52. The predicted octanol–water partition coefficient (Wildman–Crippen LogP) is 3.18. The molecule has 9 heteroatoms. The van der Waals surface area contributed by atoms with Gasteiger partial charge in [0.1, 0.15) is 18.0 Å². The highest BCUT2D eigenvalue weighted by molar-refractivity contribution is 9.10. The third-order valence-electron chi connectivity index (χ3n) is 3.78. The molecule has 0 aliphatic rings. The Kier molecular flexibility index (Phi) is 6.72. The van der Waals surface area contributed by atoms with Crippen LogP contribution >= 0.6 is 15.9 Å². The summed E-state index contributed by atoms with van der Waals surface area (Å²) in [6.07, 6.45) is 1.03. The SMILES string of the molecule is COc1ccc(OC)c(N(CC(=O)Nc2ccc(Br)c(C)c2)S(C)(=O)=O)c1. The largest absolute Gasteiger partial charge is 0.497 e. The lowest BCUT2D eigenvalue weighted by Gasteiger charge is -2.24. The van der Waals surface area contributed by atoms with Crippen LogP contribution in [0.4, 0.5) is 11.4 Å². The van der Waals surface area contributed by atoms with Crippen molar-refractivity contribution in [2.45, 2.75) is 6.92 Å². The van der Waals surface area contributed by atoms with Crippen LogP contribution in [0.2, 0.25) is 0 Å². The first-order chi connectivity index (χ1) is 12.7. The lowest BCUT2D eigenvalue weighted by Crippen LogP contribution is -2.37. The number of anilines is 2. The van der Waals surface area contributed by atoms with Gasteiger partial charge in [0.05, 0.1) is 26.2 Å². The van der Waals surface area contributed by atoms with Gasteiger partial charge in [-0.15, -0.1) is 0 Å². The van der Waals surface area contributed by atoms with Gasteiger partial charge in [-0.2, -0.15) is 0 Å². The number of halogens is 1. The van der Waals surface area contributed by atoms with Crippen LogP contribution in [-0.4, -0.2) is 41.3 Å². The monoisotopic (exact) mass is 456 g/mol. The Labute approximate surface area is 167 Å². The van der Waals surface area contributed by atoms with E-state index in [1.165, 1.54) is 20.3 Å². The number of carbonyl (C=O) groups excluding carboxylic acids is 1. The number of sulfonamides is 1. The van der Waals surface area contributed by atoms with Crippen LogP contribution in [0.3, 0.4) is 0 Å². The molecule has 0 aliphatic heterocycles. The first-order valence-corrected chi connectivity index (χ1v) is 10.6. The maximum atomic E-state index is 12.5. The molecule has 0 saturated carbocycles. The van der Waals surface area contributed by atoms with E-state index in [-0.39, 0.29) is 5.69 Å². The van der Waals surface area contributed by atoms with Crippen LogP contribution in [0.1, 0.15) is 5.56 Å². The van der Waals surface area contributed by atoms with Crippen LogP contribution in [-0.2, 0) is 14.8 Å². The molecule has 1 amide bonds. The van der Waals surface area contributed by atoms with Crippen LogP contribution < -0.4 is 19.1 Å². The van der Waals surface area contributed by atoms with Crippen molar-refractivity contribution in [3.8, 4) is 11.5 Å². The molecule has 2 aromatic rings. The van der Waals surface area contributed by atoms with E-state index in [0.29, 0.717) is 17.2 Å². The number of nitrogens with zero attached hydrogens (tertiary/aromatic N) is 1. The molecule has 7 nitrogen and oxygen atoms in total. The van der Waals surface area contributed by atoms with Crippen molar-refractivity contribution in [3.05, 3.63) is 46.4 Å². The Morgan fingerprint density at radius 3 is 2.41 bits per heavy atom. The smallest absolute Gasteiger partial charge is 0.245 e. The molecule has 0 bridgehead atoms. The number of rotatable bonds is 7. The van der Waals surface area contributed by atoms with Gasteiger partial charge in [0.2, 0.25) is 15.9 Å². The van der Waals surface area contributed by atoms with E-state index in [1.54, 1.807) is 24.3 Å². The number of nitrogens with one attached hydrogen (secondary N) is 1. The minimum Gasteiger partial charge on any atom is -0.497 e. The fourth-order valence-electron chi connectivity index (χ4n) is 2.43. The molecule has 2 aromatic carbocycles. The first-order valence-electron chi connectivity index (χ1n) is 7.91. The van der Waals surface area contributed by atoms with Gasteiger partial charge in [0, 0.05) is 16.2 Å². The molecule has 0 radical (unpaired) electrons. The Balaban J connectivity index is 2.32. The normalized spacial score (nSPS) is 11.0. The zero-order chi connectivity index (χ0) is 20.2. The first kappa shape index (κ1) is 21.0. The van der Waals surface area contributed by atoms with E-state index in [0.717, 1.165) is 20.6 Å². The van der Waals surface area contributed by atoms with Gasteiger partial charge >= 0.3 is 0 Å². The third kappa shape index (κ3) is 5.36. The molecule has 0 aromatic heterocycles. The molecule has 0 fully saturated rings. The maximum Gasteiger partial charge on any atom is 0.245 e. The third-order valence-corrected chi connectivity index (χ3v) is 5.80. The molecular formula is C18H21BrN2O5S. The molecule has 0 atom stereocenters. The van der Waals surface area contributed by atoms with Gasteiger partial charge in [-0.05, 0) is 42.8 Å². The number of hydrogen-bond acceptors (Lipinski definition) is 5. The van der Waals surface area contributed by atoms with Crippen molar-refractivity contribution in [3.63, 3.8) is 0 Å². The van der Waals surface area contributed by atoms with E-state index in [2.05, 4.69) is 21.2 Å². The molecule has 1 N–H and O–H groups in total. The second-order valence-electron chi connectivity index (χ2n) is 5.82. The van der Waals surface area contributed by atoms with Crippen molar-refractivity contribution in [2.75, 3.05) is 36.6 Å². The summed E-state index contributed by atoms with van der Waals surface area (Å²) in [7, 11) is -0.850. The predicted molar refractivity (Wildman–Crippen MR) is 109 cm³/mol. The molecule has 0 saturated heterocycles. The second kappa shape index (κ2) is 8.62. The van der Waals surface area contributed by atoms with Crippen LogP contribution in [0.25, 0.3) is 0 Å². The average molecular weight is 457 g/mol. The zero-order valence-electron chi connectivity index (χ0n) is 15.4. The van der Waals surface area contributed by atoms with Crippen molar-refractivity contribution in [1.29, 1.82) is 0 Å². The number of hydrogen-bond donors (Lipinski definition) is 1. The van der Waals surface area contributed by atoms with E-state index in [9.17, 15) is 13.2 Å². The van der Waals surface area contributed by atoms with Crippen LogP contribution in [0.15, 0.2) is 40.9 Å². The highest BCUT2D eigenvalue weighted by atomic mass is 79.9. The molecular weight excluding hydrogens is 436 g/mol. The number of benzene rings is 2. The Hall–Kier alpha value is -2.26. The highest BCUT2D eigenvalue weighted by Gasteiger charge is 2.24. The number of carbonyl (C=O) groups is 1. The fraction of sp³-hybridized carbons (Fsp3) is 0.278. The molecule has 0 unspecified atom stereocenters. The van der Waals surface area contributed by atoms with Gasteiger partial charge in [0.25, 0.3) is 0 Å². The summed E-state index contributed by atoms with van der Waals surface area (Å²) in [4.78, 5) is 12.5. The number of aryl methyl sites for hydroxylation is 1.